The highest BCUT2D eigenvalue weighted by molar-refractivity contribution is 7.09. The van der Waals surface area contributed by atoms with Crippen molar-refractivity contribution in [1.29, 1.82) is 0 Å². The van der Waals surface area contributed by atoms with E-state index in [-0.39, 0.29) is 0 Å². The molecule has 0 aromatic carbocycles. The van der Waals surface area contributed by atoms with E-state index in [9.17, 15) is 0 Å². The smallest absolute Gasteiger partial charge is 0.0897 e. The van der Waals surface area contributed by atoms with Gasteiger partial charge in [0.15, 0.2) is 0 Å². The van der Waals surface area contributed by atoms with Crippen molar-refractivity contribution in [3.63, 3.8) is 0 Å². The first kappa shape index (κ1) is 16.6. The summed E-state index contributed by atoms with van der Waals surface area (Å²) in [4.78, 5) is 6.79. The Hall–Kier alpha value is -0.490. The zero-order chi connectivity index (χ0) is 13.9. The van der Waals surface area contributed by atoms with E-state index in [1.165, 1.54) is 12.1 Å². The average molecular weight is 285 g/mol. The van der Waals surface area contributed by atoms with Gasteiger partial charge in [0, 0.05) is 38.2 Å². The summed E-state index contributed by atoms with van der Waals surface area (Å²) in [7, 11) is 2.14. The van der Waals surface area contributed by atoms with E-state index in [4.69, 9.17) is 4.74 Å². The van der Waals surface area contributed by atoms with Gasteiger partial charge in [-0.1, -0.05) is 0 Å². The third kappa shape index (κ3) is 8.31. The summed E-state index contributed by atoms with van der Waals surface area (Å²) < 4.78 is 5.30. The van der Waals surface area contributed by atoms with Crippen LogP contribution in [0.25, 0.3) is 0 Å². The maximum Gasteiger partial charge on any atom is 0.0897 e. The van der Waals surface area contributed by atoms with E-state index >= 15 is 0 Å². The molecule has 1 rings (SSSR count). The fourth-order valence-corrected chi connectivity index (χ4v) is 2.43. The maximum atomic E-state index is 5.30. The standard InChI is InChI=1S/C14H27N3OS/c1-4-18-10-6-5-7-15-8-9-17(3)11-14-12-19-13(2)16-14/h12,15H,4-11H2,1-3H3. The number of unbranched alkanes of at least 4 members (excludes halogenated alkanes) is 1. The molecule has 0 aliphatic carbocycles. The van der Waals surface area contributed by atoms with Crippen molar-refractivity contribution in [2.24, 2.45) is 0 Å². The Kier molecular flexibility index (Phi) is 8.99. The summed E-state index contributed by atoms with van der Waals surface area (Å²) in [5.74, 6) is 0. The first-order chi connectivity index (χ1) is 9.22. The summed E-state index contributed by atoms with van der Waals surface area (Å²) in [5.41, 5.74) is 1.18. The summed E-state index contributed by atoms with van der Waals surface area (Å²) in [6.45, 7) is 9.93. The summed E-state index contributed by atoms with van der Waals surface area (Å²) >= 11 is 1.72. The number of nitrogens with one attached hydrogen (secondary N) is 1. The minimum Gasteiger partial charge on any atom is -0.382 e. The number of hydrogen-bond acceptors (Lipinski definition) is 5. The van der Waals surface area contributed by atoms with Crippen molar-refractivity contribution in [2.45, 2.75) is 33.2 Å². The molecule has 0 fully saturated rings. The Balaban J connectivity index is 1.94. The second kappa shape index (κ2) is 10.3. The Morgan fingerprint density at radius 3 is 2.89 bits per heavy atom. The molecule has 0 saturated heterocycles. The largest absolute Gasteiger partial charge is 0.382 e. The van der Waals surface area contributed by atoms with Crippen LogP contribution in [-0.2, 0) is 11.3 Å². The normalized spacial score (nSPS) is 11.4. The predicted molar refractivity (Wildman–Crippen MR) is 81.8 cm³/mol. The number of nitrogens with zero attached hydrogens (tertiary/aromatic N) is 2. The van der Waals surface area contributed by atoms with Crippen LogP contribution < -0.4 is 5.32 Å². The maximum absolute atomic E-state index is 5.30. The monoisotopic (exact) mass is 285 g/mol. The van der Waals surface area contributed by atoms with Gasteiger partial charge < -0.3 is 10.1 Å². The van der Waals surface area contributed by atoms with Gasteiger partial charge in [-0.05, 0) is 40.3 Å². The molecule has 1 N–H and O–H groups in total. The molecule has 0 radical (unpaired) electrons. The average Bonchev–Trinajstić information content (AvgIpc) is 2.78. The lowest BCUT2D eigenvalue weighted by Crippen LogP contribution is -2.29. The number of ether oxygens (including phenoxy) is 1. The van der Waals surface area contributed by atoms with Crippen LogP contribution in [0.1, 0.15) is 30.5 Å². The van der Waals surface area contributed by atoms with Crippen molar-refractivity contribution >= 4 is 11.3 Å². The molecule has 1 aromatic rings. The molecule has 0 amide bonds. The molecule has 0 bridgehead atoms. The molecule has 0 unspecified atom stereocenters. The Morgan fingerprint density at radius 2 is 2.21 bits per heavy atom. The van der Waals surface area contributed by atoms with Crippen LogP contribution in [-0.4, -0.2) is 49.8 Å². The van der Waals surface area contributed by atoms with E-state index in [1.54, 1.807) is 11.3 Å². The van der Waals surface area contributed by atoms with Crippen LogP contribution in [0.4, 0.5) is 0 Å². The molecule has 0 atom stereocenters. The summed E-state index contributed by atoms with van der Waals surface area (Å²) in [6.07, 6.45) is 2.34. The van der Waals surface area contributed by atoms with Crippen molar-refractivity contribution in [3.05, 3.63) is 16.1 Å². The highest BCUT2D eigenvalue weighted by Crippen LogP contribution is 2.09. The van der Waals surface area contributed by atoms with Crippen molar-refractivity contribution in [2.75, 3.05) is 39.9 Å². The molecule has 1 heterocycles. The molecule has 19 heavy (non-hydrogen) atoms. The molecule has 0 aliphatic rings. The van der Waals surface area contributed by atoms with Crippen LogP contribution in [0, 0.1) is 6.92 Å². The highest BCUT2D eigenvalue weighted by atomic mass is 32.1. The fourth-order valence-electron chi connectivity index (χ4n) is 1.83. The van der Waals surface area contributed by atoms with Gasteiger partial charge >= 0.3 is 0 Å². The van der Waals surface area contributed by atoms with E-state index in [2.05, 4.69) is 34.6 Å². The first-order valence-corrected chi connectivity index (χ1v) is 7.98. The molecule has 5 heteroatoms. The number of aromatic nitrogens is 1. The predicted octanol–water partition coefficient (Wildman–Crippen LogP) is 2.29. The zero-order valence-corrected chi connectivity index (χ0v) is 13.3. The van der Waals surface area contributed by atoms with Gasteiger partial charge in [-0.3, -0.25) is 4.90 Å². The molecule has 0 saturated carbocycles. The number of likely N-dealkylation sites (N-methyl/N-ethyl adjacent to an activating group) is 1. The summed E-state index contributed by atoms with van der Waals surface area (Å²) in [5, 5.41) is 6.76. The molecular weight excluding hydrogens is 258 g/mol. The number of thiazole rings is 1. The Morgan fingerprint density at radius 1 is 1.37 bits per heavy atom. The third-order valence-corrected chi connectivity index (χ3v) is 3.69. The van der Waals surface area contributed by atoms with Crippen molar-refractivity contribution < 1.29 is 4.74 Å². The Bertz CT molecular complexity index is 330. The minimum absolute atomic E-state index is 0.828. The number of rotatable bonds is 11. The first-order valence-electron chi connectivity index (χ1n) is 7.10. The van der Waals surface area contributed by atoms with Gasteiger partial charge in [0.25, 0.3) is 0 Å². The lowest BCUT2D eigenvalue weighted by atomic mass is 10.3. The van der Waals surface area contributed by atoms with Crippen LogP contribution >= 0.6 is 11.3 Å². The SMILES string of the molecule is CCOCCCCNCCN(C)Cc1csc(C)n1. The lowest BCUT2D eigenvalue weighted by Gasteiger charge is -2.15. The zero-order valence-electron chi connectivity index (χ0n) is 12.4. The van der Waals surface area contributed by atoms with Crippen molar-refractivity contribution in [1.82, 2.24) is 15.2 Å². The van der Waals surface area contributed by atoms with E-state index in [0.29, 0.717) is 0 Å². The van der Waals surface area contributed by atoms with Crippen LogP contribution in [0.5, 0.6) is 0 Å². The van der Waals surface area contributed by atoms with Crippen LogP contribution in [0.2, 0.25) is 0 Å². The van der Waals surface area contributed by atoms with Gasteiger partial charge in [0.2, 0.25) is 0 Å². The lowest BCUT2D eigenvalue weighted by molar-refractivity contribution is 0.143. The quantitative estimate of drug-likeness (QED) is 0.633. The van der Waals surface area contributed by atoms with Gasteiger partial charge in [0.1, 0.15) is 0 Å². The van der Waals surface area contributed by atoms with Crippen molar-refractivity contribution in [3.8, 4) is 0 Å². The van der Waals surface area contributed by atoms with Gasteiger partial charge in [-0.2, -0.15) is 0 Å². The molecule has 1 aromatic heterocycles. The van der Waals surface area contributed by atoms with Gasteiger partial charge in [0.05, 0.1) is 10.7 Å². The van der Waals surface area contributed by atoms with E-state index in [0.717, 1.165) is 50.8 Å². The van der Waals surface area contributed by atoms with E-state index in [1.807, 2.05) is 6.92 Å². The molecule has 4 nitrogen and oxygen atoms in total. The van der Waals surface area contributed by atoms with Gasteiger partial charge in [-0.25, -0.2) is 4.98 Å². The van der Waals surface area contributed by atoms with E-state index < -0.39 is 0 Å². The molecule has 0 aliphatic heterocycles. The van der Waals surface area contributed by atoms with Crippen LogP contribution in [0.3, 0.4) is 0 Å². The van der Waals surface area contributed by atoms with Crippen LogP contribution in [0.15, 0.2) is 5.38 Å². The highest BCUT2D eigenvalue weighted by Gasteiger charge is 2.02. The number of aryl methyl sites for hydroxylation is 1. The summed E-state index contributed by atoms with van der Waals surface area (Å²) in [6, 6.07) is 0. The fraction of sp³-hybridized carbons (Fsp3) is 0.786. The second-order valence-electron chi connectivity index (χ2n) is 4.75. The molecule has 110 valence electrons. The minimum atomic E-state index is 0.828. The third-order valence-electron chi connectivity index (χ3n) is 2.87. The molecule has 0 spiro atoms. The number of hydrogen-bond donors (Lipinski definition) is 1. The molecular formula is C14H27N3OS. The van der Waals surface area contributed by atoms with Gasteiger partial charge in [-0.15, -0.1) is 11.3 Å². The second-order valence-corrected chi connectivity index (χ2v) is 5.81. The topological polar surface area (TPSA) is 37.4 Å². The Labute approximate surface area is 121 Å².